The number of fused-ring (bicyclic) bond motifs is 1. The van der Waals surface area contributed by atoms with Gasteiger partial charge in [-0.1, -0.05) is 30.3 Å². The summed E-state index contributed by atoms with van der Waals surface area (Å²) in [6.45, 7) is 3.14. The molecule has 1 fully saturated rings. The highest BCUT2D eigenvalue weighted by Crippen LogP contribution is 2.27. The average molecular weight is 416 g/mol. The summed E-state index contributed by atoms with van der Waals surface area (Å²) in [5.41, 5.74) is 4.00. The summed E-state index contributed by atoms with van der Waals surface area (Å²) in [4.78, 5) is 28.7. The van der Waals surface area contributed by atoms with Crippen LogP contribution in [0.5, 0.6) is 0 Å². The van der Waals surface area contributed by atoms with Crippen LogP contribution in [-0.2, 0) is 6.54 Å². The molecule has 1 aliphatic heterocycles. The van der Waals surface area contributed by atoms with Gasteiger partial charge in [0.1, 0.15) is 5.69 Å². The number of carbonyl (C=O) groups excluding carboxylic acids is 1. The molecule has 4 aromatic rings. The highest BCUT2D eigenvalue weighted by molar-refractivity contribution is 7.13. The van der Waals surface area contributed by atoms with Gasteiger partial charge in [-0.2, -0.15) is 0 Å². The first-order valence-corrected chi connectivity index (χ1v) is 10.9. The molecule has 0 aliphatic carbocycles. The molecule has 4 heterocycles. The molecule has 0 atom stereocenters. The Hall–Kier alpha value is -3.16. The Bertz CT molecular complexity index is 1190. The lowest BCUT2D eigenvalue weighted by molar-refractivity contribution is 0.102. The van der Waals surface area contributed by atoms with E-state index in [2.05, 4.69) is 26.3 Å². The molecular weight excluding hydrogens is 394 g/mol. The highest BCUT2D eigenvalue weighted by atomic mass is 32.1. The van der Waals surface area contributed by atoms with Crippen LogP contribution in [0.2, 0.25) is 0 Å². The molecule has 0 bridgehead atoms. The van der Waals surface area contributed by atoms with Gasteiger partial charge < -0.3 is 0 Å². The molecule has 1 amide bonds. The van der Waals surface area contributed by atoms with Crippen LogP contribution in [0.25, 0.3) is 22.2 Å². The fourth-order valence-corrected chi connectivity index (χ4v) is 4.34. The Kier molecular flexibility index (Phi) is 5.21. The minimum atomic E-state index is -0.266. The van der Waals surface area contributed by atoms with E-state index in [1.54, 1.807) is 12.3 Å². The lowest BCUT2D eigenvalue weighted by Gasteiger charge is -2.14. The number of thiazole rings is 1. The van der Waals surface area contributed by atoms with Crippen LogP contribution in [-0.4, -0.2) is 38.8 Å². The number of amides is 1. The zero-order valence-electron chi connectivity index (χ0n) is 16.4. The van der Waals surface area contributed by atoms with Gasteiger partial charge in [-0.15, -0.1) is 11.3 Å². The van der Waals surface area contributed by atoms with E-state index >= 15 is 0 Å². The van der Waals surface area contributed by atoms with Crippen LogP contribution in [0.1, 0.15) is 29.0 Å². The largest absolute Gasteiger partial charge is 0.298 e. The summed E-state index contributed by atoms with van der Waals surface area (Å²) in [6.07, 6.45) is 4.19. The zero-order valence-corrected chi connectivity index (χ0v) is 17.2. The number of aromatic nitrogens is 3. The normalized spacial score (nSPS) is 14.3. The quantitative estimate of drug-likeness (QED) is 0.516. The summed E-state index contributed by atoms with van der Waals surface area (Å²) in [7, 11) is 0. The van der Waals surface area contributed by atoms with Crippen LogP contribution < -0.4 is 5.32 Å². The Morgan fingerprint density at radius 1 is 1.03 bits per heavy atom. The predicted octanol–water partition coefficient (Wildman–Crippen LogP) is 4.60. The van der Waals surface area contributed by atoms with E-state index in [4.69, 9.17) is 4.98 Å². The third kappa shape index (κ3) is 3.94. The molecule has 7 heteroatoms. The van der Waals surface area contributed by atoms with E-state index in [0.717, 1.165) is 47.5 Å². The number of carbonyl (C=O) groups is 1. The van der Waals surface area contributed by atoms with Gasteiger partial charge in [0.15, 0.2) is 5.13 Å². The number of nitrogens with one attached hydrogen (secondary N) is 1. The summed E-state index contributed by atoms with van der Waals surface area (Å²) in [6, 6.07) is 15.8. The summed E-state index contributed by atoms with van der Waals surface area (Å²) < 4.78 is 0. The van der Waals surface area contributed by atoms with Crippen molar-refractivity contribution < 1.29 is 4.79 Å². The van der Waals surface area contributed by atoms with Crippen molar-refractivity contribution in [3.05, 3.63) is 71.5 Å². The van der Waals surface area contributed by atoms with Gasteiger partial charge in [0.05, 0.1) is 16.9 Å². The maximum atomic E-state index is 12.6. The first kappa shape index (κ1) is 18.8. The molecule has 1 N–H and O–H groups in total. The minimum Gasteiger partial charge on any atom is -0.298 e. The Morgan fingerprint density at radius 3 is 2.73 bits per heavy atom. The van der Waals surface area contributed by atoms with Crippen molar-refractivity contribution in [3.63, 3.8) is 0 Å². The van der Waals surface area contributed by atoms with Crippen molar-refractivity contribution in [3.8, 4) is 11.3 Å². The molecule has 3 aromatic heterocycles. The molecule has 1 saturated heterocycles. The van der Waals surface area contributed by atoms with Crippen LogP contribution in [0.3, 0.4) is 0 Å². The summed E-state index contributed by atoms with van der Waals surface area (Å²) in [5, 5.41) is 6.16. The Labute approximate surface area is 178 Å². The Balaban J connectivity index is 1.49. The number of hydrogen-bond donors (Lipinski definition) is 1. The molecular formula is C23H21N5OS. The van der Waals surface area contributed by atoms with Gasteiger partial charge in [-0.3, -0.25) is 20.0 Å². The van der Waals surface area contributed by atoms with Crippen molar-refractivity contribution in [2.45, 2.75) is 19.4 Å². The van der Waals surface area contributed by atoms with Crippen LogP contribution >= 0.6 is 11.3 Å². The molecule has 0 spiro atoms. The lowest BCUT2D eigenvalue weighted by Crippen LogP contribution is -2.19. The topological polar surface area (TPSA) is 71.0 Å². The van der Waals surface area contributed by atoms with E-state index in [1.807, 2.05) is 41.8 Å². The van der Waals surface area contributed by atoms with Gasteiger partial charge in [0.2, 0.25) is 0 Å². The third-order valence-corrected chi connectivity index (χ3v) is 5.96. The number of benzene rings is 1. The number of nitrogens with zero attached hydrogens (tertiary/aromatic N) is 4. The monoisotopic (exact) mass is 415 g/mol. The van der Waals surface area contributed by atoms with Crippen molar-refractivity contribution in [2.75, 3.05) is 18.4 Å². The van der Waals surface area contributed by atoms with Crippen molar-refractivity contribution in [1.82, 2.24) is 19.9 Å². The summed E-state index contributed by atoms with van der Waals surface area (Å²) >= 11 is 1.38. The second kappa shape index (κ2) is 8.30. The third-order valence-electron chi connectivity index (χ3n) is 5.27. The Morgan fingerprint density at radius 2 is 1.90 bits per heavy atom. The standard InChI is InChI=1S/C23H21N5OS/c29-22(27-23-24-11-14-30-23)20-10-9-16-5-3-7-18(21(16)26-20)19-8-4-6-17(25-19)15-28-12-1-2-13-28/h3-11,14H,1-2,12-13,15H2,(H,24,27,29). The van der Waals surface area contributed by atoms with E-state index in [9.17, 15) is 4.79 Å². The second-order valence-electron chi connectivity index (χ2n) is 7.36. The van der Waals surface area contributed by atoms with E-state index in [0.29, 0.717) is 10.8 Å². The fourth-order valence-electron chi connectivity index (χ4n) is 3.81. The molecule has 1 aliphatic rings. The maximum absolute atomic E-state index is 12.6. The van der Waals surface area contributed by atoms with Gasteiger partial charge in [0.25, 0.3) is 5.91 Å². The van der Waals surface area contributed by atoms with Crippen LogP contribution in [0.4, 0.5) is 5.13 Å². The SMILES string of the molecule is O=C(Nc1nccs1)c1ccc2cccc(-c3cccc(CN4CCCC4)n3)c2n1. The molecule has 0 radical (unpaired) electrons. The van der Waals surface area contributed by atoms with Crippen molar-refractivity contribution >= 4 is 33.3 Å². The number of para-hydroxylation sites is 1. The fraction of sp³-hybridized carbons (Fsp3) is 0.217. The number of rotatable bonds is 5. The van der Waals surface area contributed by atoms with Gasteiger partial charge in [0, 0.05) is 29.1 Å². The van der Waals surface area contributed by atoms with Gasteiger partial charge in [-0.25, -0.2) is 9.97 Å². The highest BCUT2D eigenvalue weighted by Gasteiger charge is 2.15. The molecule has 1 aromatic carbocycles. The molecule has 5 rings (SSSR count). The lowest BCUT2D eigenvalue weighted by atomic mass is 10.1. The number of hydrogen-bond acceptors (Lipinski definition) is 6. The zero-order chi connectivity index (χ0) is 20.3. The predicted molar refractivity (Wildman–Crippen MR) is 120 cm³/mol. The number of anilines is 1. The molecule has 0 saturated carbocycles. The minimum absolute atomic E-state index is 0.266. The smallest absolute Gasteiger partial charge is 0.276 e. The van der Waals surface area contributed by atoms with Crippen LogP contribution in [0, 0.1) is 0 Å². The van der Waals surface area contributed by atoms with Crippen molar-refractivity contribution in [1.29, 1.82) is 0 Å². The van der Waals surface area contributed by atoms with Crippen molar-refractivity contribution in [2.24, 2.45) is 0 Å². The number of likely N-dealkylation sites (tertiary alicyclic amines) is 1. The first-order valence-electron chi connectivity index (χ1n) is 10.1. The van der Waals surface area contributed by atoms with E-state index < -0.39 is 0 Å². The molecule has 30 heavy (non-hydrogen) atoms. The molecule has 0 unspecified atom stereocenters. The molecule has 6 nitrogen and oxygen atoms in total. The first-order chi connectivity index (χ1) is 14.8. The van der Waals surface area contributed by atoms with E-state index in [1.165, 1.54) is 24.2 Å². The van der Waals surface area contributed by atoms with E-state index in [-0.39, 0.29) is 5.91 Å². The maximum Gasteiger partial charge on any atom is 0.276 e. The number of pyridine rings is 2. The van der Waals surface area contributed by atoms with Gasteiger partial charge >= 0.3 is 0 Å². The molecule has 150 valence electrons. The van der Waals surface area contributed by atoms with Crippen LogP contribution in [0.15, 0.2) is 60.1 Å². The average Bonchev–Trinajstić information content (AvgIpc) is 3.47. The van der Waals surface area contributed by atoms with Gasteiger partial charge in [-0.05, 0) is 44.1 Å². The summed E-state index contributed by atoms with van der Waals surface area (Å²) in [5.74, 6) is -0.266. The second-order valence-corrected chi connectivity index (χ2v) is 8.26.